The Balaban J connectivity index is 1.53. The summed E-state index contributed by atoms with van der Waals surface area (Å²) in [6.07, 6.45) is 1.24. The van der Waals surface area contributed by atoms with E-state index in [4.69, 9.17) is 4.98 Å². The molecule has 1 N–H and O–H groups in total. The van der Waals surface area contributed by atoms with Gasteiger partial charge in [-0.05, 0) is 24.0 Å². The Labute approximate surface area is 184 Å². The van der Waals surface area contributed by atoms with Crippen LogP contribution in [0.25, 0.3) is 22.2 Å². The van der Waals surface area contributed by atoms with E-state index in [1.165, 1.54) is 11.3 Å². The van der Waals surface area contributed by atoms with Crippen molar-refractivity contribution in [3.8, 4) is 11.3 Å². The minimum atomic E-state index is -0.256. The molecule has 0 fully saturated rings. The maximum atomic E-state index is 13.3. The third-order valence-electron chi connectivity index (χ3n) is 5.49. The van der Waals surface area contributed by atoms with Gasteiger partial charge in [0.1, 0.15) is 0 Å². The van der Waals surface area contributed by atoms with Crippen molar-refractivity contribution in [2.45, 2.75) is 26.7 Å². The summed E-state index contributed by atoms with van der Waals surface area (Å²) in [5.74, 6) is -0.154. The zero-order valence-electron chi connectivity index (χ0n) is 17.3. The van der Waals surface area contributed by atoms with Crippen LogP contribution in [0.15, 0.2) is 60.7 Å². The van der Waals surface area contributed by atoms with Gasteiger partial charge in [-0.1, -0.05) is 73.7 Å². The number of hydrogen-bond acceptors (Lipinski definition) is 5. The molecule has 1 aliphatic rings. The van der Waals surface area contributed by atoms with Crippen molar-refractivity contribution in [3.05, 3.63) is 76.8 Å². The Kier molecular flexibility index (Phi) is 4.67. The van der Waals surface area contributed by atoms with Crippen LogP contribution in [0.1, 0.15) is 46.0 Å². The molecule has 2 heterocycles. The van der Waals surface area contributed by atoms with E-state index in [0.717, 1.165) is 34.3 Å². The minimum Gasteiger partial charge on any atom is -0.298 e. The first-order valence-electron chi connectivity index (χ1n) is 10.2. The van der Waals surface area contributed by atoms with E-state index in [-0.39, 0.29) is 17.1 Å². The number of fused-ring (bicyclic) bond motifs is 2. The Morgan fingerprint density at radius 2 is 1.74 bits per heavy atom. The molecule has 154 valence electrons. The summed E-state index contributed by atoms with van der Waals surface area (Å²) in [5.41, 5.74) is 3.64. The first-order chi connectivity index (χ1) is 14.9. The van der Waals surface area contributed by atoms with Crippen LogP contribution in [-0.2, 0) is 6.42 Å². The highest BCUT2D eigenvalue weighted by Crippen LogP contribution is 2.38. The van der Waals surface area contributed by atoms with E-state index < -0.39 is 0 Å². The second-order valence-corrected chi connectivity index (χ2v) is 9.63. The van der Waals surface area contributed by atoms with Gasteiger partial charge in [-0.3, -0.25) is 14.9 Å². The fraction of sp³-hybridized carbons (Fsp3) is 0.200. The lowest BCUT2D eigenvalue weighted by molar-refractivity contribution is 0.0915. The number of rotatable bonds is 3. The van der Waals surface area contributed by atoms with Gasteiger partial charge in [0.2, 0.25) is 0 Å². The van der Waals surface area contributed by atoms with Gasteiger partial charge in [-0.25, -0.2) is 9.97 Å². The van der Waals surface area contributed by atoms with E-state index in [0.29, 0.717) is 22.0 Å². The molecule has 0 saturated carbocycles. The predicted molar refractivity (Wildman–Crippen MR) is 124 cm³/mol. The molecule has 5 rings (SSSR count). The number of aromatic nitrogens is 2. The number of benzene rings is 2. The molecule has 0 unspecified atom stereocenters. The highest BCUT2D eigenvalue weighted by molar-refractivity contribution is 7.17. The average Bonchev–Trinajstić information content (AvgIpc) is 3.15. The molecule has 6 heteroatoms. The molecular formula is C25H21N3O2S. The lowest BCUT2D eigenvalue weighted by atomic mass is 9.78. The van der Waals surface area contributed by atoms with Crippen LogP contribution in [0.5, 0.6) is 0 Å². The molecule has 0 bridgehead atoms. The van der Waals surface area contributed by atoms with Gasteiger partial charge in [0.05, 0.1) is 27.3 Å². The van der Waals surface area contributed by atoms with Crippen molar-refractivity contribution in [1.82, 2.24) is 9.97 Å². The first-order valence-corrected chi connectivity index (χ1v) is 11.0. The van der Waals surface area contributed by atoms with E-state index in [2.05, 4.69) is 24.1 Å². The molecule has 0 atom stereocenters. The van der Waals surface area contributed by atoms with Gasteiger partial charge in [0, 0.05) is 17.4 Å². The summed E-state index contributed by atoms with van der Waals surface area (Å²) >= 11 is 1.26. The second-order valence-electron chi connectivity index (χ2n) is 8.63. The monoisotopic (exact) mass is 427 g/mol. The van der Waals surface area contributed by atoms with Gasteiger partial charge in [0.15, 0.2) is 10.9 Å². The summed E-state index contributed by atoms with van der Waals surface area (Å²) in [4.78, 5) is 35.7. The maximum absolute atomic E-state index is 13.3. The van der Waals surface area contributed by atoms with Crippen LogP contribution in [0.4, 0.5) is 5.13 Å². The number of nitrogens with zero attached hydrogens (tertiary/aromatic N) is 2. The minimum absolute atomic E-state index is 0.102. The van der Waals surface area contributed by atoms with Crippen LogP contribution in [0.2, 0.25) is 0 Å². The third-order valence-corrected chi connectivity index (χ3v) is 6.54. The number of Topliss-reactive ketones (excluding diaryl/α,β-unsaturated/α-hetero) is 1. The number of ketones is 1. The van der Waals surface area contributed by atoms with Crippen molar-refractivity contribution in [2.75, 3.05) is 5.32 Å². The lowest BCUT2D eigenvalue weighted by Gasteiger charge is -2.26. The number of thiazole rings is 1. The van der Waals surface area contributed by atoms with Crippen molar-refractivity contribution in [3.63, 3.8) is 0 Å². The average molecular weight is 428 g/mol. The Hall–Kier alpha value is -3.38. The molecule has 5 nitrogen and oxygen atoms in total. The zero-order valence-corrected chi connectivity index (χ0v) is 18.1. The molecular weight excluding hydrogens is 406 g/mol. The van der Waals surface area contributed by atoms with Crippen LogP contribution >= 0.6 is 11.3 Å². The van der Waals surface area contributed by atoms with Gasteiger partial charge in [-0.15, -0.1) is 0 Å². The number of carbonyl (C=O) groups is 2. The topological polar surface area (TPSA) is 72.0 Å². The summed E-state index contributed by atoms with van der Waals surface area (Å²) in [6, 6.07) is 19.2. The van der Waals surface area contributed by atoms with Gasteiger partial charge in [0.25, 0.3) is 5.91 Å². The van der Waals surface area contributed by atoms with Gasteiger partial charge < -0.3 is 0 Å². The summed E-state index contributed by atoms with van der Waals surface area (Å²) in [5, 5.41) is 4.16. The van der Waals surface area contributed by atoms with E-state index in [9.17, 15) is 9.59 Å². The fourth-order valence-electron chi connectivity index (χ4n) is 4.06. The molecule has 2 aromatic heterocycles. The van der Waals surface area contributed by atoms with Crippen molar-refractivity contribution in [2.24, 2.45) is 5.41 Å². The van der Waals surface area contributed by atoms with Gasteiger partial charge in [-0.2, -0.15) is 0 Å². The standard InChI is InChI=1S/C25H21N3O2S/c1-25(2)13-20-22(21(29)14-25)31-24(27-20)28-23(30)17-12-19(15-8-4-3-5-9-15)26-18-11-7-6-10-16(17)18/h3-12H,13-14H2,1-2H3,(H,27,28,30). The van der Waals surface area contributed by atoms with Crippen molar-refractivity contribution < 1.29 is 9.59 Å². The summed E-state index contributed by atoms with van der Waals surface area (Å²) in [7, 11) is 0. The SMILES string of the molecule is CC1(C)CC(=O)c2sc(NC(=O)c3cc(-c4ccccc4)nc4ccccc34)nc2C1. The molecule has 1 aliphatic carbocycles. The third kappa shape index (κ3) is 3.75. The van der Waals surface area contributed by atoms with Gasteiger partial charge >= 0.3 is 0 Å². The van der Waals surface area contributed by atoms with Crippen LogP contribution in [-0.4, -0.2) is 21.7 Å². The van der Waals surface area contributed by atoms with Crippen LogP contribution in [0, 0.1) is 5.41 Å². The second kappa shape index (κ2) is 7.39. The normalized spacial score (nSPS) is 15.0. The van der Waals surface area contributed by atoms with E-state index in [1.54, 1.807) is 0 Å². The van der Waals surface area contributed by atoms with Crippen molar-refractivity contribution in [1.29, 1.82) is 0 Å². The molecule has 0 saturated heterocycles. The number of pyridine rings is 1. The Morgan fingerprint density at radius 3 is 2.55 bits per heavy atom. The number of nitrogens with one attached hydrogen (secondary N) is 1. The number of carbonyl (C=O) groups excluding carboxylic acids is 2. The van der Waals surface area contributed by atoms with E-state index in [1.807, 2.05) is 60.7 Å². The fourth-order valence-corrected chi connectivity index (χ4v) is 4.97. The number of anilines is 1. The molecule has 4 aromatic rings. The highest BCUT2D eigenvalue weighted by Gasteiger charge is 2.34. The van der Waals surface area contributed by atoms with Crippen LogP contribution < -0.4 is 5.32 Å². The van der Waals surface area contributed by atoms with Crippen LogP contribution in [0.3, 0.4) is 0 Å². The molecule has 0 aliphatic heterocycles. The Bertz CT molecular complexity index is 1330. The summed E-state index contributed by atoms with van der Waals surface area (Å²) < 4.78 is 0. The lowest BCUT2D eigenvalue weighted by Crippen LogP contribution is -2.26. The largest absolute Gasteiger partial charge is 0.298 e. The van der Waals surface area contributed by atoms with Crippen molar-refractivity contribution >= 4 is 39.1 Å². The Morgan fingerprint density at radius 1 is 1.00 bits per heavy atom. The smallest absolute Gasteiger partial charge is 0.258 e. The highest BCUT2D eigenvalue weighted by atomic mass is 32.1. The zero-order chi connectivity index (χ0) is 21.6. The molecule has 1 amide bonds. The number of amides is 1. The predicted octanol–water partition coefficient (Wildman–Crippen LogP) is 5.77. The summed E-state index contributed by atoms with van der Waals surface area (Å²) in [6.45, 7) is 4.14. The molecule has 2 aromatic carbocycles. The first kappa shape index (κ1) is 19.6. The molecule has 31 heavy (non-hydrogen) atoms. The molecule has 0 radical (unpaired) electrons. The number of para-hydroxylation sites is 1. The number of hydrogen-bond donors (Lipinski definition) is 1. The van der Waals surface area contributed by atoms with E-state index >= 15 is 0 Å². The molecule has 0 spiro atoms. The quantitative estimate of drug-likeness (QED) is 0.451. The maximum Gasteiger partial charge on any atom is 0.258 e.